The van der Waals surface area contributed by atoms with Crippen LogP contribution in [-0.2, 0) is 9.53 Å². The predicted molar refractivity (Wildman–Crippen MR) is 104 cm³/mol. The van der Waals surface area contributed by atoms with Crippen molar-refractivity contribution in [3.63, 3.8) is 0 Å². The minimum Gasteiger partial charge on any atom is -0.383 e. The maximum absolute atomic E-state index is 12.5. The second kappa shape index (κ2) is 8.75. The third kappa shape index (κ3) is 3.98. The highest BCUT2D eigenvalue weighted by Gasteiger charge is 2.27. The van der Waals surface area contributed by atoms with Gasteiger partial charge in [-0.2, -0.15) is 5.26 Å². The van der Waals surface area contributed by atoms with Crippen LogP contribution in [0.3, 0.4) is 0 Å². The Bertz CT molecular complexity index is 1000. The lowest BCUT2D eigenvalue weighted by atomic mass is 10.0. The number of nitriles is 1. The molecule has 0 aliphatic carbocycles. The van der Waals surface area contributed by atoms with Crippen LogP contribution in [0, 0.1) is 11.3 Å². The van der Waals surface area contributed by atoms with Gasteiger partial charge in [-0.1, -0.05) is 42.5 Å². The lowest BCUT2D eigenvalue weighted by Gasteiger charge is -2.06. The van der Waals surface area contributed by atoms with Gasteiger partial charge in [0, 0.05) is 30.3 Å². The zero-order chi connectivity index (χ0) is 19.9. The Morgan fingerprint density at radius 3 is 2.43 bits per heavy atom. The number of carbonyl (C=O) groups excluding carboxylic acids is 2. The summed E-state index contributed by atoms with van der Waals surface area (Å²) in [4.78, 5) is 29.3. The van der Waals surface area contributed by atoms with E-state index in [0.29, 0.717) is 29.1 Å². The summed E-state index contributed by atoms with van der Waals surface area (Å²) in [6.07, 6.45) is 0. The van der Waals surface area contributed by atoms with Gasteiger partial charge < -0.3 is 15.4 Å². The van der Waals surface area contributed by atoms with Crippen molar-refractivity contribution < 1.29 is 14.3 Å². The molecule has 1 aliphatic rings. The van der Waals surface area contributed by atoms with Crippen LogP contribution in [0.25, 0.3) is 5.70 Å². The average Bonchev–Trinajstić information content (AvgIpc) is 3.08. The molecule has 0 saturated carbocycles. The fraction of sp³-hybridized carbons (Fsp3) is 0.143. The molecule has 2 N–H and O–H groups in total. The van der Waals surface area contributed by atoms with Crippen molar-refractivity contribution >= 4 is 23.3 Å². The summed E-state index contributed by atoms with van der Waals surface area (Å²) in [5, 5.41) is 14.9. The van der Waals surface area contributed by atoms with E-state index in [9.17, 15) is 14.9 Å². The number of nitrogens with zero attached hydrogens (tertiary/aromatic N) is 2. The largest absolute Gasteiger partial charge is 0.383 e. The molecule has 140 valence electrons. The molecular weight excluding hydrogens is 356 g/mol. The number of nitrogens with one attached hydrogen (secondary N) is 2. The zero-order valence-corrected chi connectivity index (χ0v) is 15.2. The van der Waals surface area contributed by atoms with Gasteiger partial charge >= 0.3 is 0 Å². The van der Waals surface area contributed by atoms with Gasteiger partial charge in [0.25, 0.3) is 11.8 Å². The molecule has 0 atom stereocenters. The molecule has 28 heavy (non-hydrogen) atoms. The van der Waals surface area contributed by atoms with E-state index in [1.807, 2.05) is 12.1 Å². The molecule has 2 aromatic carbocycles. The van der Waals surface area contributed by atoms with Crippen molar-refractivity contribution in [2.75, 3.05) is 20.3 Å². The normalized spacial score (nSPS) is 13.8. The van der Waals surface area contributed by atoms with Crippen LogP contribution in [0.1, 0.15) is 21.5 Å². The number of amidine groups is 1. The first-order valence-corrected chi connectivity index (χ1v) is 8.62. The lowest BCUT2D eigenvalue weighted by Crippen LogP contribution is -2.30. The number of fused-ring (bicyclic) bond motifs is 1. The SMILES string of the molecule is COCCNC(=O)/C(C#N)=C1\N=C(NC(=O)c2ccccc2)c2ccccc21. The van der Waals surface area contributed by atoms with Gasteiger partial charge in [-0.25, -0.2) is 4.99 Å². The van der Waals surface area contributed by atoms with Gasteiger partial charge in [0.1, 0.15) is 17.5 Å². The topological polar surface area (TPSA) is 104 Å². The first kappa shape index (κ1) is 19.0. The predicted octanol–water partition coefficient (Wildman–Crippen LogP) is 1.87. The summed E-state index contributed by atoms with van der Waals surface area (Å²) >= 11 is 0. The van der Waals surface area contributed by atoms with Crippen molar-refractivity contribution in [3.8, 4) is 6.07 Å². The van der Waals surface area contributed by atoms with Crippen LogP contribution in [0.15, 0.2) is 65.2 Å². The Hall–Kier alpha value is -3.76. The van der Waals surface area contributed by atoms with Gasteiger partial charge in [0.2, 0.25) is 0 Å². The molecule has 2 amide bonds. The standard InChI is InChI=1S/C21H18N4O3/c1-28-12-11-23-21(27)17(13-22)18-15-9-5-6-10-16(15)19(24-18)25-20(26)14-7-3-2-4-8-14/h2-10H,11-12H2,1H3,(H,23,27)(H,24,25,26)/b18-17-. The summed E-state index contributed by atoms with van der Waals surface area (Å²) in [6, 6.07) is 17.8. The molecule has 0 fully saturated rings. The smallest absolute Gasteiger partial charge is 0.264 e. The monoisotopic (exact) mass is 374 g/mol. The molecular formula is C21H18N4O3. The van der Waals surface area contributed by atoms with Crippen molar-refractivity contribution in [2.45, 2.75) is 0 Å². The first-order valence-electron chi connectivity index (χ1n) is 8.62. The molecule has 0 radical (unpaired) electrons. The Morgan fingerprint density at radius 1 is 1.07 bits per heavy atom. The molecule has 0 unspecified atom stereocenters. The highest BCUT2D eigenvalue weighted by Crippen LogP contribution is 2.30. The molecule has 7 nitrogen and oxygen atoms in total. The van der Waals surface area contributed by atoms with Gasteiger partial charge in [-0.15, -0.1) is 0 Å². The minimum absolute atomic E-state index is 0.118. The summed E-state index contributed by atoms with van der Waals surface area (Å²) in [5.74, 6) is -0.556. The molecule has 7 heteroatoms. The molecule has 2 aromatic rings. The highest BCUT2D eigenvalue weighted by molar-refractivity contribution is 6.20. The average molecular weight is 374 g/mol. The van der Waals surface area contributed by atoms with Crippen LogP contribution in [0.2, 0.25) is 0 Å². The Morgan fingerprint density at radius 2 is 1.75 bits per heavy atom. The second-order valence-corrected chi connectivity index (χ2v) is 5.91. The number of hydrogen-bond donors (Lipinski definition) is 2. The van der Waals surface area contributed by atoms with E-state index in [0.717, 1.165) is 0 Å². The maximum Gasteiger partial charge on any atom is 0.264 e. The van der Waals surface area contributed by atoms with E-state index in [2.05, 4.69) is 15.6 Å². The van der Waals surface area contributed by atoms with Crippen LogP contribution in [-0.4, -0.2) is 37.9 Å². The molecule has 1 aliphatic heterocycles. The molecule has 0 aromatic heterocycles. The van der Waals surface area contributed by atoms with Gasteiger partial charge in [0.15, 0.2) is 0 Å². The molecule has 0 saturated heterocycles. The molecule has 1 heterocycles. The molecule has 0 spiro atoms. The van der Waals surface area contributed by atoms with Gasteiger partial charge in [-0.3, -0.25) is 9.59 Å². The van der Waals surface area contributed by atoms with Crippen molar-refractivity contribution in [2.24, 2.45) is 4.99 Å². The Labute approximate surface area is 162 Å². The van der Waals surface area contributed by atoms with E-state index in [4.69, 9.17) is 4.74 Å². The number of amides is 2. The number of benzene rings is 2. The lowest BCUT2D eigenvalue weighted by molar-refractivity contribution is -0.117. The zero-order valence-electron chi connectivity index (χ0n) is 15.2. The van der Waals surface area contributed by atoms with E-state index in [1.165, 1.54) is 7.11 Å². The van der Waals surface area contributed by atoms with Crippen molar-refractivity contribution in [1.29, 1.82) is 5.26 Å². The fourth-order valence-corrected chi connectivity index (χ4v) is 2.75. The van der Waals surface area contributed by atoms with Gasteiger partial charge in [-0.05, 0) is 12.1 Å². The number of hydrogen-bond acceptors (Lipinski definition) is 5. The van der Waals surface area contributed by atoms with Gasteiger partial charge in [0.05, 0.1) is 12.3 Å². The molecule has 3 rings (SSSR count). The van der Waals surface area contributed by atoms with E-state index >= 15 is 0 Å². The first-order chi connectivity index (χ1) is 13.7. The number of rotatable bonds is 5. The molecule has 0 bridgehead atoms. The summed E-state index contributed by atoms with van der Waals surface area (Å²) in [6.45, 7) is 0.606. The number of carbonyl (C=O) groups is 2. The van der Waals surface area contributed by atoms with E-state index in [1.54, 1.807) is 48.5 Å². The van der Waals surface area contributed by atoms with E-state index < -0.39 is 5.91 Å². The van der Waals surface area contributed by atoms with Crippen LogP contribution < -0.4 is 10.6 Å². The summed E-state index contributed by atoms with van der Waals surface area (Å²) in [5.41, 5.74) is 1.87. The third-order valence-corrected chi connectivity index (χ3v) is 4.10. The highest BCUT2D eigenvalue weighted by atomic mass is 16.5. The number of methoxy groups -OCH3 is 1. The second-order valence-electron chi connectivity index (χ2n) is 5.91. The number of ether oxygens (including phenoxy) is 1. The fourth-order valence-electron chi connectivity index (χ4n) is 2.75. The van der Waals surface area contributed by atoms with Crippen molar-refractivity contribution in [1.82, 2.24) is 10.6 Å². The maximum atomic E-state index is 12.5. The van der Waals surface area contributed by atoms with Crippen molar-refractivity contribution in [3.05, 3.63) is 76.9 Å². The van der Waals surface area contributed by atoms with Crippen LogP contribution in [0.5, 0.6) is 0 Å². The summed E-state index contributed by atoms with van der Waals surface area (Å²) < 4.78 is 4.90. The summed E-state index contributed by atoms with van der Waals surface area (Å²) in [7, 11) is 1.52. The van der Waals surface area contributed by atoms with Crippen LogP contribution in [0.4, 0.5) is 0 Å². The third-order valence-electron chi connectivity index (χ3n) is 4.10. The van der Waals surface area contributed by atoms with Crippen LogP contribution >= 0.6 is 0 Å². The van der Waals surface area contributed by atoms with E-state index in [-0.39, 0.29) is 23.7 Å². The Balaban J connectivity index is 1.95. The quantitative estimate of drug-likeness (QED) is 0.474. The Kier molecular flexibility index (Phi) is 5.94. The number of aliphatic imine (C=N–C) groups is 1. The minimum atomic E-state index is -0.538.